The summed E-state index contributed by atoms with van der Waals surface area (Å²) in [4.78, 5) is 24.4. The molecular formula is C16H16ClNO4S. The fourth-order valence-electron chi connectivity index (χ4n) is 2.16. The Kier molecular flexibility index (Phi) is 5.63. The van der Waals surface area contributed by atoms with Crippen molar-refractivity contribution in [2.75, 3.05) is 7.11 Å². The number of amides is 1. The Morgan fingerprint density at radius 3 is 2.70 bits per heavy atom. The van der Waals surface area contributed by atoms with E-state index in [1.807, 2.05) is 18.4 Å². The molecule has 0 aliphatic carbocycles. The first-order valence-electron chi connectivity index (χ1n) is 6.91. The van der Waals surface area contributed by atoms with Crippen LogP contribution in [0.5, 0.6) is 5.75 Å². The highest BCUT2D eigenvalue weighted by Crippen LogP contribution is 2.28. The quantitative estimate of drug-likeness (QED) is 0.833. The lowest BCUT2D eigenvalue weighted by molar-refractivity contribution is -0.139. The van der Waals surface area contributed by atoms with Crippen molar-refractivity contribution >= 4 is 34.8 Å². The second kappa shape index (κ2) is 7.48. The molecule has 0 spiro atoms. The van der Waals surface area contributed by atoms with Crippen LogP contribution in [0.15, 0.2) is 29.6 Å². The van der Waals surface area contributed by atoms with Gasteiger partial charge in [-0.1, -0.05) is 24.6 Å². The monoisotopic (exact) mass is 353 g/mol. The summed E-state index contributed by atoms with van der Waals surface area (Å²) in [7, 11) is 1.47. The number of carboxylic acid groups (broad SMARTS) is 1. The standard InChI is InChI=1S/C16H16ClNO4S/c1-3-9-6-7-23-14(9)15(19)18-13(16(20)21)10-4-5-12(22-2)11(17)8-10/h4-8,13H,3H2,1-2H3,(H,18,19)(H,20,21). The van der Waals surface area contributed by atoms with Crippen LogP contribution < -0.4 is 10.1 Å². The topological polar surface area (TPSA) is 75.6 Å². The van der Waals surface area contributed by atoms with E-state index in [0.29, 0.717) is 22.6 Å². The fraction of sp³-hybridized carbons (Fsp3) is 0.250. The van der Waals surface area contributed by atoms with Crippen molar-refractivity contribution < 1.29 is 19.4 Å². The number of hydrogen-bond acceptors (Lipinski definition) is 4. The van der Waals surface area contributed by atoms with E-state index in [1.165, 1.54) is 24.5 Å². The normalized spacial score (nSPS) is 11.8. The molecule has 0 aliphatic rings. The highest BCUT2D eigenvalue weighted by atomic mass is 35.5. The van der Waals surface area contributed by atoms with Gasteiger partial charge in [0, 0.05) is 0 Å². The Bertz CT molecular complexity index is 729. The number of aryl methyl sites for hydroxylation is 1. The summed E-state index contributed by atoms with van der Waals surface area (Å²) in [5.41, 5.74) is 1.27. The molecule has 2 rings (SSSR count). The van der Waals surface area contributed by atoms with Crippen molar-refractivity contribution in [2.45, 2.75) is 19.4 Å². The summed E-state index contributed by atoms with van der Waals surface area (Å²) in [6, 6.07) is 5.30. The smallest absolute Gasteiger partial charge is 0.330 e. The van der Waals surface area contributed by atoms with Crippen LogP contribution in [0.2, 0.25) is 5.02 Å². The maximum absolute atomic E-state index is 12.4. The third-order valence-electron chi connectivity index (χ3n) is 3.37. The molecule has 7 heteroatoms. The van der Waals surface area contributed by atoms with Gasteiger partial charge in [0.15, 0.2) is 6.04 Å². The zero-order chi connectivity index (χ0) is 17.0. The lowest BCUT2D eigenvalue weighted by Gasteiger charge is -2.16. The highest BCUT2D eigenvalue weighted by Gasteiger charge is 2.25. The SMILES string of the molecule is CCc1ccsc1C(=O)NC(C(=O)O)c1ccc(OC)c(Cl)c1. The van der Waals surface area contributed by atoms with Gasteiger partial charge >= 0.3 is 5.97 Å². The molecule has 0 saturated heterocycles. The van der Waals surface area contributed by atoms with Crippen LogP contribution in [0.25, 0.3) is 0 Å². The van der Waals surface area contributed by atoms with Crippen LogP contribution in [-0.2, 0) is 11.2 Å². The molecule has 1 aromatic heterocycles. The number of aliphatic carboxylic acids is 1. The third kappa shape index (κ3) is 3.83. The number of rotatable bonds is 6. The summed E-state index contributed by atoms with van der Waals surface area (Å²) >= 11 is 7.32. The molecule has 0 fully saturated rings. The Balaban J connectivity index is 2.27. The van der Waals surface area contributed by atoms with E-state index in [9.17, 15) is 14.7 Å². The van der Waals surface area contributed by atoms with Crippen LogP contribution in [0, 0.1) is 0 Å². The molecule has 2 aromatic rings. The van der Waals surface area contributed by atoms with Crippen molar-refractivity contribution in [1.82, 2.24) is 5.32 Å². The molecule has 122 valence electrons. The van der Waals surface area contributed by atoms with E-state index >= 15 is 0 Å². The van der Waals surface area contributed by atoms with Crippen LogP contribution in [-0.4, -0.2) is 24.1 Å². The number of carbonyl (C=O) groups excluding carboxylic acids is 1. The number of carboxylic acids is 1. The number of halogens is 1. The average molecular weight is 354 g/mol. The Hall–Kier alpha value is -2.05. The molecule has 1 unspecified atom stereocenters. The van der Waals surface area contributed by atoms with E-state index < -0.39 is 17.9 Å². The number of ether oxygens (including phenoxy) is 1. The number of carbonyl (C=O) groups is 2. The molecule has 1 heterocycles. The van der Waals surface area contributed by atoms with E-state index in [1.54, 1.807) is 12.1 Å². The molecule has 0 aliphatic heterocycles. The molecule has 1 atom stereocenters. The van der Waals surface area contributed by atoms with Gasteiger partial charge in [-0.2, -0.15) is 0 Å². The van der Waals surface area contributed by atoms with Gasteiger partial charge in [-0.25, -0.2) is 4.79 Å². The van der Waals surface area contributed by atoms with Crippen LogP contribution in [0.4, 0.5) is 0 Å². The predicted octanol–water partition coefficient (Wildman–Crippen LogP) is 3.53. The maximum Gasteiger partial charge on any atom is 0.330 e. The van der Waals surface area contributed by atoms with E-state index in [0.717, 1.165) is 5.56 Å². The van der Waals surface area contributed by atoms with Crippen molar-refractivity contribution in [3.05, 3.63) is 50.7 Å². The molecule has 23 heavy (non-hydrogen) atoms. The minimum atomic E-state index is -1.18. The minimum absolute atomic E-state index is 0.288. The Morgan fingerprint density at radius 1 is 1.39 bits per heavy atom. The van der Waals surface area contributed by atoms with Crippen LogP contribution in [0.3, 0.4) is 0 Å². The zero-order valence-electron chi connectivity index (χ0n) is 12.6. The lowest BCUT2D eigenvalue weighted by Crippen LogP contribution is -2.33. The van der Waals surface area contributed by atoms with Crippen molar-refractivity contribution in [3.63, 3.8) is 0 Å². The van der Waals surface area contributed by atoms with Gasteiger partial charge in [0.05, 0.1) is 17.0 Å². The largest absolute Gasteiger partial charge is 0.495 e. The van der Waals surface area contributed by atoms with Gasteiger partial charge < -0.3 is 15.2 Å². The first kappa shape index (κ1) is 17.3. The fourth-order valence-corrected chi connectivity index (χ4v) is 3.32. The van der Waals surface area contributed by atoms with Crippen LogP contribution in [0.1, 0.15) is 33.8 Å². The Morgan fingerprint density at radius 2 is 2.13 bits per heavy atom. The summed E-state index contributed by atoms with van der Waals surface area (Å²) < 4.78 is 5.05. The summed E-state index contributed by atoms with van der Waals surface area (Å²) in [5.74, 6) is -1.12. The predicted molar refractivity (Wildman–Crippen MR) is 89.5 cm³/mol. The molecular weight excluding hydrogens is 338 g/mol. The minimum Gasteiger partial charge on any atom is -0.495 e. The molecule has 0 bridgehead atoms. The molecule has 1 amide bonds. The maximum atomic E-state index is 12.4. The number of benzene rings is 1. The molecule has 0 radical (unpaired) electrons. The second-order valence-corrected chi connectivity index (χ2v) is 6.09. The van der Waals surface area contributed by atoms with Gasteiger partial charge in [-0.15, -0.1) is 11.3 Å². The summed E-state index contributed by atoms with van der Waals surface area (Å²) in [6.07, 6.45) is 0.707. The number of thiophene rings is 1. The molecule has 5 nitrogen and oxygen atoms in total. The summed E-state index contributed by atoms with van der Waals surface area (Å²) in [6.45, 7) is 1.94. The van der Waals surface area contributed by atoms with Gasteiger partial charge in [0.2, 0.25) is 0 Å². The highest BCUT2D eigenvalue weighted by molar-refractivity contribution is 7.12. The van der Waals surface area contributed by atoms with Gasteiger partial charge in [-0.05, 0) is 41.1 Å². The molecule has 0 saturated carbocycles. The lowest BCUT2D eigenvalue weighted by atomic mass is 10.1. The molecule has 2 N–H and O–H groups in total. The molecule has 1 aromatic carbocycles. The van der Waals surface area contributed by atoms with Crippen LogP contribution >= 0.6 is 22.9 Å². The number of methoxy groups -OCH3 is 1. The average Bonchev–Trinajstić information content (AvgIpc) is 3.00. The van der Waals surface area contributed by atoms with Crippen molar-refractivity contribution in [3.8, 4) is 5.75 Å². The van der Waals surface area contributed by atoms with Gasteiger partial charge in [0.1, 0.15) is 5.75 Å². The first-order valence-corrected chi connectivity index (χ1v) is 8.17. The van der Waals surface area contributed by atoms with E-state index in [2.05, 4.69) is 5.32 Å². The van der Waals surface area contributed by atoms with E-state index in [-0.39, 0.29) is 5.02 Å². The zero-order valence-corrected chi connectivity index (χ0v) is 14.2. The van der Waals surface area contributed by atoms with Gasteiger partial charge in [-0.3, -0.25) is 4.79 Å². The van der Waals surface area contributed by atoms with Gasteiger partial charge in [0.25, 0.3) is 5.91 Å². The number of hydrogen-bond donors (Lipinski definition) is 2. The Labute approximate surface area is 142 Å². The van der Waals surface area contributed by atoms with Crippen molar-refractivity contribution in [1.29, 1.82) is 0 Å². The second-order valence-electron chi connectivity index (χ2n) is 4.77. The number of nitrogens with one attached hydrogen (secondary N) is 1. The summed E-state index contributed by atoms with van der Waals surface area (Å²) in [5, 5.41) is 14.1. The van der Waals surface area contributed by atoms with Crippen molar-refractivity contribution in [2.24, 2.45) is 0 Å². The third-order valence-corrected chi connectivity index (χ3v) is 4.62. The first-order chi connectivity index (χ1) is 11.0. The van der Waals surface area contributed by atoms with E-state index in [4.69, 9.17) is 16.3 Å².